The summed E-state index contributed by atoms with van der Waals surface area (Å²) in [6.45, 7) is 11.6. The predicted octanol–water partition coefficient (Wildman–Crippen LogP) is 3.99. The molecule has 1 spiro atoms. The maximum Gasteiger partial charge on any atom is 0.163 e. The number of fused-ring (bicyclic) bond motifs is 3. The number of rotatable bonds is 0. The molecule has 3 aliphatic carbocycles. The van der Waals surface area contributed by atoms with Crippen molar-refractivity contribution in [3.8, 4) is 0 Å². The van der Waals surface area contributed by atoms with E-state index in [1.54, 1.807) is 0 Å². The van der Waals surface area contributed by atoms with Crippen LogP contribution in [-0.4, -0.2) is 18.0 Å². The van der Waals surface area contributed by atoms with Crippen molar-refractivity contribution in [1.82, 2.24) is 0 Å². The predicted molar refractivity (Wildman–Crippen MR) is 74.7 cm³/mol. The minimum atomic E-state index is -0.371. The monoisotopic (exact) mass is 264 g/mol. The molecule has 1 heterocycles. The largest absolute Gasteiger partial charge is 0.345 e. The summed E-state index contributed by atoms with van der Waals surface area (Å²) in [4.78, 5) is 0. The second-order valence-electron chi connectivity index (χ2n) is 8.74. The standard InChI is InChI=1S/C17H28O2/c1-10-6-7-13-15(2,3)11-8-17(10,13)9-12-14(11)19-16(4,5)18-12/h10-14H,6-9H2,1-5H3/t10-,11+,12-,13+,14+,17-/m1/s1. The van der Waals surface area contributed by atoms with E-state index in [2.05, 4.69) is 34.6 Å². The second kappa shape index (κ2) is 3.39. The van der Waals surface area contributed by atoms with Gasteiger partial charge in [-0.15, -0.1) is 0 Å². The van der Waals surface area contributed by atoms with Gasteiger partial charge in [-0.05, 0) is 68.1 Å². The van der Waals surface area contributed by atoms with Crippen molar-refractivity contribution in [2.24, 2.45) is 28.6 Å². The minimum Gasteiger partial charge on any atom is -0.345 e. The molecule has 4 fully saturated rings. The topological polar surface area (TPSA) is 18.5 Å². The highest BCUT2D eigenvalue weighted by Crippen LogP contribution is 2.72. The smallest absolute Gasteiger partial charge is 0.163 e. The van der Waals surface area contributed by atoms with Crippen LogP contribution in [0.15, 0.2) is 0 Å². The summed E-state index contributed by atoms with van der Waals surface area (Å²) in [7, 11) is 0. The summed E-state index contributed by atoms with van der Waals surface area (Å²) in [6.07, 6.45) is 6.15. The van der Waals surface area contributed by atoms with Crippen LogP contribution in [0.4, 0.5) is 0 Å². The third-order valence-electron chi connectivity index (χ3n) is 7.22. The van der Waals surface area contributed by atoms with Crippen molar-refractivity contribution >= 4 is 0 Å². The van der Waals surface area contributed by atoms with E-state index in [-0.39, 0.29) is 5.79 Å². The minimum absolute atomic E-state index is 0.341. The van der Waals surface area contributed by atoms with Gasteiger partial charge in [0.05, 0.1) is 12.2 Å². The normalized spacial score (nSPS) is 57.0. The van der Waals surface area contributed by atoms with Gasteiger partial charge in [0.2, 0.25) is 0 Å². The summed E-state index contributed by atoms with van der Waals surface area (Å²) < 4.78 is 12.5. The van der Waals surface area contributed by atoms with Crippen molar-refractivity contribution in [2.45, 2.75) is 78.3 Å². The molecule has 1 aliphatic heterocycles. The summed E-state index contributed by atoms with van der Waals surface area (Å²) >= 11 is 0. The highest BCUT2D eigenvalue weighted by atomic mass is 16.8. The Kier molecular flexibility index (Phi) is 2.25. The lowest BCUT2D eigenvalue weighted by Gasteiger charge is -2.41. The molecule has 1 saturated heterocycles. The lowest BCUT2D eigenvalue weighted by atomic mass is 9.66. The first-order chi connectivity index (χ1) is 8.76. The fourth-order valence-electron chi connectivity index (χ4n) is 6.43. The van der Waals surface area contributed by atoms with E-state index >= 15 is 0 Å². The van der Waals surface area contributed by atoms with E-state index in [1.807, 2.05) is 0 Å². The summed E-state index contributed by atoms with van der Waals surface area (Å²) in [5.74, 6) is 2.08. The Morgan fingerprint density at radius 1 is 0.947 bits per heavy atom. The number of hydrogen-bond donors (Lipinski definition) is 0. The molecule has 2 nitrogen and oxygen atoms in total. The Balaban J connectivity index is 1.77. The zero-order chi connectivity index (χ0) is 13.6. The molecule has 4 aliphatic rings. The average Bonchev–Trinajstić information content (AvgIpc) is 2.81. The van der Waals surface area contributed by atoms with Gasteiger partial charge in [-0.1, -0.05) is 20.8 Å². The molecule has 2 bridgehead atoms. The molecule has 19 heavy (non-hydrogen) atoms. The molecule has 6 atom stereocenters. The zero-order valence-electron chi connectivity index (χ0n) is 13.0. The van der Waals surface area contributed by atoms with Gasteiger partial charge >= 0.3 is 0 Å². The van der Waals surface area contributed by atoms with Crippen LogP contribution < -0.4 is 0 Å². The quantitative estimate of drug-likeness (QED) is 0.658. The molecule has 0 aromatic rings. The maximum atomic E-state index is 6.29. The lowest BCUT2D eigenvalue weighted by molar-refractivity contribution is -0.155. The number of hydrogen-bond acceptors (Lipinski definition) is 2. The fraction of sp³-hybridized carbons (Fsp3) is 1.00. The molecule has 108 valence electrons. The van der Waals surface area contributed by atoms with Crippen LogP contribution in [0.1, 0.15) is 60.3 Å². The highest BCUT2D eigenvalue weighted by Gasteiger charge is 2.69. The Morgan fingerprint density at radius 3 is 2.42 bits per heavy atom. The van der Waals surface area contributed by atoms with Gasteiger partial charge in [0.1, 0.15) is 0 Å². The van der Waals surface area contributed by atoms with E-state index in [1.165, 1.54) is 25.7 Å². The van der Waals surface area contributed by atoms with E-state index in [9.17, 15) is 0 Å². The fourth-order valence-corrected chi connectivity index (χ4v) is 6.43. The van der Waals surface area contributed by atoms with Crippen LogP contribution >= 0.6 is 0 Å². The van der Waals surface area contributed by atoms with E-state index in [4.69, 9.17) is 9.47 Å². The van der Waals surface area contributed by atoms with Crippen molar-refractivity contribution < 1.29 is 9.47 Å². The van der Waals surface area contributed by atoms with Gasteiger partial charge in [0, 0.05) is 0 Å². The Hall–Kier alpha value is -0.0800. The van der Waals surface area contributed by atoms with E-state index in [0.717, 1.165) is 11.8 Å². The summed E-state index contributed by atoms with van der Waals surface area (Å²) in [5.41, 5.74) is 0.979. The Morgan fingerprint density at radius 2 is 1.68 bits per heavy atom. The highest BCUT2D eigenvalue weighted by molar-refractivity contribution is 5.17. The average molecular weight is 264 g/mol. The zero-order valence-corrected chi connectivity index (χ0v) is 13.0. The van der Waals surface area contributed by atoms with Crippen LogP contribution in [0.5, 0.6) is 0 Å². The van der Waals surface area contributed by atoms with E-state index < -0.39 is 0 Å². The molecule has 4 rings (SSSR count). The van der Waals surface area contributed by atoms with Crippen LogP contribution in [0.3, 0.4) is 0 Å². The molecule has 0 aromatic carbocycles. The second-order valence-corrected chi connectivity index (χ2v) is 8.74. The third kappa shape index (κ3) is 1.40. The first-order valence-electron chi connectivity index (χ1n) is 8.12. The lowest BCUT2D eigenvalue weighted by Crippen LogP contribution is -2.42. The maximum absolute atomic E-state index is 6.29. The first-order valence-corrected chi connectivity index (χ1v) is 8.12. The van der Waals surface area contributed by atoms with Gasteiger partial charge in [0.25, 0.3) is 0 Å². The molecule has 0 unspecified atom stereocenters. The number of ether oxygens (including phenoxy) is 2. The molecule has 2 heteroatoms. The van der Waals surface area contributed by atoms with Gasteiger partial charge in [-0.3, -0.25) is 0 Å². The van der Waals surface area contributed by atoms with Crippen LogP contribution in [-0.2, 0) is 9.47 Å². The van der Waals surface area contributed by atoms with Crippen molar-refractivity contribution in [3.05, 3.63) is 0 Å². The van der Waals surface area contributed by atoms with Gasteiger partial charge < -0.3 is 9.47 Å². The van der Waals surface area contributed by atoms with Crippen molar-refractivity contribution in [1.29, 1.82) is 0 Å². The SMILES string of the molecule is C[C@@H]1CC[C@H]2C(C)(C)[C@H]3C[C@@]12C[C@H]1OC(C)(C)O[C@H]13. The summed E-state index contributed by atoms with van der Waals surface area (Å²) in [6, 6.07) is 0. The molecule has 3 saturated carbocycles. The molecule has 0 radical (unpaired) electrons. The van der Waals surface area contributed by atoms with Crippen LogP contribution in [0.25, 0.3) is 0 Å². The molecule has 0 amide bonds. The first kappa shape index (κ1) is 12.6. The van der Waals surface area contributed by atoms with Gasteiger partial charge in [-0.2, -0.15) is 0 Å². The van der Waals surface area contributed by atoms with Crippen LogP contribution in [0.2, 0.25) is 0 Å². The summed E-state index contributed by atoms with van der Waals surface area (Å²) in [5, 5.41) is 0. The van der Waals surface area contributed by atoms with Gasteiger partial charge in [-0.25, -0.2) is 0 Å². The Labute approximate surface area is 117 Å². The molecular formula is C17H28O2. The molecular weight excluding hydrogens is 236 g/mol. The molecule has 0 N–H and O–H groups in total. The van der Waals surface area contributed by atoms with Crippen LogP contribution in [0, 0.1) is 28.6 Å². The third-order valence-corrected chi connectivity index (χ3v) is 7.22. The van der Waals surface area contributed by atoms with Crippen molar-refractivity contribution in [3.63, 3.8) is 0 Å². The van der Waals surface area contributed by atoms with Crippen molar-refractivity contribution in [2.75, 3.05) is 0 Å². The Bertz CT molecular complexity index is 413. The van der Waals surface area contributed by atoms with Gasteiger partial charge in [0.15, 0.2) is 5.79 Å². The van der Waals surface area contributed by atoms with E-state index in [0.29, 0.717) is 29.0 Å². The molecule has 0 aromatic heterocycles.